The summed E-state index contributed by atoms with van der Waals surface area (Å²) in [7, 11) is 1.36. The maximum atomic E-state index is 11.4. The summed E-state index contributed by atoms with van der Waals surface area (Å²) in [5.41, 5.74) is 0. The summed E-state index contributed by atoms with van der Waals surface area (Å²) in [6.07, 6.45) is -4.61. The van der Waals surface area contributed by atoms with E-state index >= 15 is 0 Å². The minimum atomic E-state index is -1.05. The fourth-order valence-corrected chi connectivity index (χ4v) is 2.69. The van der Waals surface area contributed by atoms with Crippen LogP contribution in [0.4, 0.5) is 0 Å². The molecule has 0 amide bonds. The highest BCUT2D eigenvalue weighted by atomic mass is 79.9. The molecule has 1 fully saturated rings. The van der Waals surface area contributed by atoms with Gasteiger partial charge in [0.05, 0.1) is 0 Å². The summed E-state index contributed by atoms with van der Waals surface area (Å²) in [6, 6.07) is 0. The smallest absolute Gasteiger partial charge is 0.303 e. The molecule has 0 aromatic carbocycles. The minimum Gasteiger partial charge on any atom is -0.456 e. The van der Waals surface area contributed by atoms with Gasteiger partial charge in [-0.2, -0.15) is 0 Å². The van der Waals surface area contributed by atoms with Crippen molar-refractivity contribution >= 4 is 33.8 Å². The molecule has 9 heteroatoms. The van der Waals surface area contributed by atoms with E-state index in [0.717, 1.165) is 0 Å². The summed E-state index contributed by atoms with van der Waals surface area (Å²) in [6.45, 7) is 3.63. The van der Waals surface area contributed by atoms with Gasteiger partial charge in [0.2, 0.25) is 0 Å². The first-order valence-electron chi connectivity index (χ1n) is 6.56. The molecule has 1 aliphatic heterocycles. The molecule has 0 unspecified atom stereocenters. The maximum absolute atomic E-state index is 11.4. The fourth-order valence-electron chi connectivity index (χ4n) is 2.17. The Morgan fingerprint density at radius 1 is 0.909 bits per heavy atom. The Hall–Kier alpha value is -1.19. The highest BCUT2D eigenvalue weighted by Crippen LogP contribution is 2.29. The lowest BCUT2D eigenvalue weighted by Gasteiger charge is -2.43. The SMILES string of the molecule is CO[C@H]1O[C@@H](CBr)[C@@H](OC(C)=O)[C@@H](OC(C)=O)[C@H]1OC(C)=O. The molecule has 1 rings (SSSR count). The Morgan fingerprint density at radius 2 is 1.36 bits per heavy atom. The molecular weight excluding hydrogens is 364 g/mol. The van der Waals surface area contributed by atoms with Gasteiger partial charge in [0.1, 0.15) is 6.10 Å². The van der Waals surface area contributed by atoms with Gasteiger partial charge in [-0.05, 0) is 0 Å². The van der Waals surface area contributed by atoms with E-state index in [0.29, 0.717) is 5.33 Å². The highest BCUT2D eigenvalue weighted by Gasteiger charge is 2.51. The molecule has 0 N–H and O–H groups in total. The largest absolute Gasteiger partial charge is 0.456 e. The van der Waals surface area contributed by atoms with Crippen molar-refractivity contribution in [3.05, 3.63) is 0 Å². The molecule has 8 nitrogen and oxygen atoms in total. The zero-order valence-electron chi connectivity index (χ0n) is 12.7. The quantitative estimate of drug-likeness (QED) is 0.386. The van der Waals surface area contributed by atoms with Gasteiger partial charge in [0.25, 0.3) is 0 Å². The third-order valence-corrected chi connectivity index (χ3v) is 3.52. The van der Waals surface area contributed by atoms with Crippen LogP contribution in [-0.4, -0.2) is 61.1 Å². The average Bonchev–Trinajstić information content (AvgIpc) is 2.41. The molecule has 0 aliphatic carbocycles. The number of alkyl halides is 1. The number of hydrogen-bond donors (Lipinski definition) is 0. The number of rotatable bonds is 5. The Labute approximate surface area is 136 Å². The van der Waals surface area contributed by atoms with Crippen molar-refractivity contribution in [2.45, 2.75) is 51.5 Å². The Kier molecular flexibility index (Phi) is 7.24. The summed E-state index contributed by atoms with van der Waals surface area (Å²) in [5, 5.41) is 0.301. The van der Waals surface area contributed by atoms with Crippen LogP contribution in [-0.2, 0) is 38.1 Å². The number of hydrogen-bond acceptors (Lipinski definition) is 8. The van der Waals surface area contributed by atoms with Crippen LogP contribution in [0.2, 0.25) is 0 Å². The van der Waals surface area contributed by atoms with E-state index in [1.54, 1.807) is 0 Å². The molecule has 1 aliphatic rings. The van der Waals surface area contributed by atoms with Crippen molar-refractivity contribution in [1.29, 1.82) is 0 Å². The van der Waals surface area contributed by atoms with Crippen LogP contribution >= 0.6 is 15.9 Å². The first kappa shape index (κ1) is 18.9. The number of methoxy groups -OCH3 is 1. The molecule has 5 atom stereocenters. The number of carbonyl (C=O) groups is 3. The molecular formula is C13H19BrO8. The van der Waals surface area contributed by atoms with Gasteiger partial charge < -0.3 is 23.7 Å². The number of carbonyl (C=O) groups excluding carboxylic acids is 3. The van der Waals surface area contributed by atoms with Crippen LogP contribution in [0.25, 0.3) is 0 Å². The van der Waals surface area contributed by atoms with Gasteiger partial charge in [-0.15, -0.1) is 0 Å². The van der Waals surface area contributed by atoms with Crippen LogP contribution in [0.3, 0.4) is 0 Å². The van der Waals surface area contributed by atoms with Crippen LogP contribution in [0.1, 0.15) is 20.8 Å². The third kappa shape index (κ3) is 4.92. The van der Waals surface area contributed by atoms with Crippen LogP contribution in [0.15, 0.2) is 0 Å². The monoisotopic (exact) mass is 382 g/mol. The summed E-state index contributed by atoms with van der Waals surface area (Å²) >= 11 is 3.24. The van der Waals surface area contributed by atoms with Crippen LogP contribution in [0.5, 0.6) is 0 Å². The topological polar surface area (TPSA) is 97.4 Å². The van der Waals surface area contributed by atoms with Crippen molar-refractivity contribution < 1.29 is 38.1 Å². The average molecular weight is 383 g/mol. The molecule has 0 aromatic heterocycles. The lowest BCUT2D eigenvalue weighted by molar-refractivity contribution is -0.293. The van der Waals surface area contributed by atoms with Gasteiger partial charge in [-0.25, -0.2) is 0 Å². The zero-order chi connectivity index (χ0) is 16.9. The number of ether oxygens (including phenoxy) is 5. The van der Waals surface area contributed by atoms with Crippen molar-refractivity contribution in [3.8, 4) is 0 Å². The second kappa shape index (κ2) is 8.44. The lowest BCUT2D eigenvalue weighted by Crippen LogP contribution is -2.62. The fraction of sp³-hybridized carbons (Fsp3) is 0.769. The predicted molar refractivity (Wildman–Crippen MR) is 76.1 cm³/mol. The number of esters is 3. The van der Waals surface area contributed by atoms with E-state index in [1.165, 1.54) is 27.9 Å². The first-order valence-corrected chi connectivity index (χ1v) is 7.68. The zero-order valence-corrected chi connectivity index (χ0v) is 14.3. The molecule has 0 spiro atoms. The van der Waals surface area contributed by atoms with E-state index < -0.39 is 48.6 Å². The summed E-state index contributed by atoms with van der Waals surface area (Å²) in [4.78, 5) is 34.0. The van der Waals surface area contributed by atoms with E-state index in [-0.39, 0.29) is 0 Å². The molecule has 0 saturated carbocycles. The van der Waals surface area contributed by atoms with Crippen molar-refractivity contribution in [1.82, 2.24) is 0 Å². The molecule has 0 aromatic rings. The molecule has 126 valence electrons. The van der Waals surface area contributed by atoms with Crippen LogP contribution < -0.4 is 0 Å². The molecule has 1 saturated heterocycles. The van der Waals surface area contributed by atoms with Gasteiger partial charge >= 0.3 is 17.9 Å². The molecule has 0 radical (unpaired) electrons. The third-order valence-electron chi connectivity index (χ3n) is 2.88. The molecule has 22 heavy (non-hydrogen) atoms. The van der Waals surface area contributed by atoms with Crippen molar-refractivity contribution in [2.75, 3.05) is 12.4 Å². The van der Waals surface area contributed by atoms with Crippen molar-refractivity contribution in [3.63, 3.8) is 0 Å². The lowest BCUT2D eigenvalue weighted by atomic mass is 9.99. The summed E-state index contributed by atoms with van der Waals surface area (Å²) in [5.74, 6) is -1.79. The molecule has 1 heterocycles. The van der Waals surface area contributed by atoms with E-state index in [2.05, 4.69) is 15.9 Å². The van der Waals surface area contributed by atoms with Gasteiger partial charge in [-0.3, -0.25) is 14.4 Å². The van der Waals surface area contributed by atoms with Gasteiger partial charge in [0.15, 0.2) is 24.6 Å². The molecule has 0 bridgehead atoms. The number of halogens is 1. The predicted octanol–water partition coefficient (Wildman–Crippen LogP) is 0.548. The Balaban J connectivity index is 3.14. The van der Waals surface area contributed by atoms with Gasteiger partial charge in [0, 0.05) is 33.2 Å². The standard InChI is InChI=1S/C13H19BrO8/c1-6(15)19-10-9(5-14)22-13(18-4)12(21-8(3)17)11(10)20-7(2)16/h9-13H,5H2,1-4H3/t9-,10+,11+,12+,13-/m0/s1. The minimum absolute atomic E-state index is 0.301. The highest BCUT2D eigenvalue weighted by molar-refractivity contribution is 9.09. The van der Waals surface area contributed by atoms with E-state index in [1.807, 2.05) is 0 Å². The summed E-state index contributed by atoms with van der Waals surface area (Å²) < 4.78 is 26.3. The second-order valence-corrected chi connectivity index (χ2v) is 5.30. The second-order valence-electron chi connectivity index (χ2n) is 4.66. The van der Waals surface area contributed by atoms with Crippen LogP contribution in [0, 0.1) is 0 Å². The first-order chi connectivity index (χ1) is 10.3. The van der Waals surface area contributed by atoms with Gasteiger partial charge in [-0.1, -0.05) is 15.9 Å². The Morgan fingerprint density at radius 3 is 1.77 bits per heavy atom. The van der Waals surface area contributed by atoms with Crippen molar-refractivity contribution in [2.24, 2.45) is 0 Å². The van der Waals surface area contributed by atoms with E-state index in [9.17, 15) is 14.4 Å². The maximum Gasteiger partial charge on any atom is 0.303 e. The van der Waals surface area contributed by atoms with E-state index in [4.69, 9.17) is 23.7 Å². The Bertz CT molecular complexity index is 396. The normalized spacial score (nSPS) is 31.2.